The third-order valence-electron chi connectivity index (χ3n) is 5.84. The highest BCUT2D eigenvalue weighted by molar-refractivity contribution is 6.51. The van der Waals surface area contributed by atoms with Crippen LogP contribution in [0.4, 0.5) is 11.4 Å². The number of halogens is 1. The van der Waals surface area contributed by atoms with Crippen molar-refractivity contribution in [3.63, 3.8) is 0 Å². The highest BCUT2D eigenvalue weighted by Crippen LogP contribution is 2.44. The summed E-state index contributed by atoms with van der Waals surface area (Å²) in [5.74, 6) is -1.41. The number of aromatic nitrogens is 1. The molecule has 0 radical (unpaired) electrons. The Morgan fingerprint density at radius 2 is 1.63 bits per heavy atom. The molecule has 0 aliphatic carbocycles. The summed E-state index contributed by atoms with van der Waals surface area (Å²) in [5.41, 5.74) is 2.13. The van der Waals surface area contributed by atoms with Crippen molar-refractivity contribution >= 4 is 40.4 Å². The van der Waals surface area contributed by atoms with E-state index in [-0.39, 0.29) is 21.9 Å². The van der Waals surface area contributed by atoms with Crippen LogP contribution >= 0.6 is 11.6 Å². The van der Waals surface area contributed by atoms with Crippen LogP contribution in [0.5, 0.6) is 11.5 Å². The summed E-state index contributed by atoms with van der Waals surface area (Å²) in [7, 11) is 6.69. The van der Waals surface area contributed by atoms with Crippen LogP contribution in [-0.2, 0) is 9.59 Å². The van der Waals surface area contributed by atoms with Crippen LogP contribution in [0.2, 0.25) is 5.02 Å². The van der Waals surface area contributed by atoms with Crippen LogP contribution in [0, 0.1) is 0 Å². The number of anilines is 2. The molecule has 8 nitrogen and oxygen atoms in total. The van der Waals surface area contributed by atoms with Crippen LogP contribution < -0.4 is 19.3 Å². The molecule has 1 unspecified atom stereocenters. The molecule has 0 bridgehead atoms. The molecule has 180 valence electrons. The minimum absolute atomic E-state index is 0.0857. The largest absolute Gasteiger partial charge is 0.507 e. The fourth-order valence-electron chi connectivity index (χ4n) is 4.06. The van der Waals surface area contributed by atoms with Crippen molar-refractivity contribution in [2.75, 3.05) is 38.1 Å². The first-order valence-electron chi connectivity index (χ1n) is 10.7. The van der Waals surface area contributed by atoms with Crippen LogP contribution in [0.25, 0.3) is 5.76 Å². The van der Waals surface area contributed by atoms with Crippen molar-refractivity contribution in [1.82, 2.24) is 4.98 Å². The molecule has 1 saturated heterocycles. The van der Waals surface area contributed by atoms with E-state index in [1.807, 2.05) is 31.1 Å². The summed E-state index contributed by atoms with van der Waals surface area (Å²) >= 11 is 6.30. The molecule has 1 N–H and O–H groups in total. The van der Waals surface area contributed by atoms with E-state index in [2.05, 4.69) is 4.98 Å². The average Bonchev–Trinajstić information content (AvgIpc) is 3.14. The SMILES string of the molecule is COc1cc(OC)c(/C(O)=C2\C(=O)C(=O)N(c3ccc(N(C)C)cc3)C2c2ccncc2)cc1Cl. The van der Waals surface area contributed by atoms with E-state index in [9.17, 15) is 14.7 Å². The smallest absolute Gasteiger partial charge is 0.300 e. The number of nitrogens with zero attached hydrogens (tertiary/aromatic N) is 3. The predicted molar refractivity (Wildman–Crippen MR) is 134 cm³/mol. The van der Waals surface area contributed by atoms with E-state index in [1.54, 1.807) is 36.7 Å². The van der Waals surface area contributed by atoms with Gasteiger partial charge in [0.25, 0.3) is 11.7 Å². The Bertz CT molecular complexity index is 1310. The van der Waals surface area contributed by atoms with Gasteiger partial charge in [0, 0.05) is 43.9 Å². The second-order valence-corrected chi connectivity index (χ2v) is 8.45. The van der Waals surface area contributed by atoms with Crippen molar-refractivity contribution in [1.29, 1.82) is 0 Å². The molecule has 35 heavy (non-hydrogen) atoms. The topological polar surface area (TPSA) is 92.2 Å². The first-order valence-corrected chi connectivity index (χ1v) is 11.1. The standard InChI is InChI=1S/C26H24ClN3O5/c1-29(2)16-5-7-17(8-6-16)30-23(15-9-11-28-12-10-15)22(25(32)26(30)33)24(31)18-13-19(27)21(35-4)14-20(18)34-3/h5-14,23,31H,1-4H3/b24-22+. The van der Waals surface area contributed by atoms with E-state index in [1.165, 1.54) is 31.3 Å². The number of amides is 1. The molecule has 2 heterocycles. The molecule has 9 heteroatoms. The second kappa shape index (κ2) is 9.68. The number of carbonyl (C=O) groups excluding carboxylic acids is 2. The number of rotatable bonds is 6. The number of Topliss-reactive ketones (excluding diaryl/α,β-unsaturated/α-hetero) is 1. The summed E-state index contributed by atoms with van der Waals surface area (Å²) in [6.07, 6.45) is 3.13. The van der Waals surface area contributed by atoms with Crippen molar-refractivity contribution < 1.29 is 24.2 Å². The quantitative estimate of drug-likeness (QED) is 0.308. The Labute approximate surface area is 208 Å². The second-order valence-electron chi connectivity index (χ2n) is 8.05. The minimum atomic E-state index is -0.895. The van der Waals surface area contributed by atoms with Gasteiger partial charge >= 0.3 is 0 Å². The van der Waals surface area contributed by atoms with E-state index >= 15 is 0 Å². The lowest BCUT2D eigenvalue weighted by Gasteiger charge is -2.26. The van der Waals surface area contributed by atoms with E-state index in [4.69, 9.17) is 21.1 Å². The number of pyridine rings is 1. The maximum Gasteiger partial charge on any atom is 0.300 e. The zero-order valence-corrected chi connectivity index (χ0v) is 20.4. The van der Waals surface area contributed by atoms with Gasteiger partial charge in [0.2, 0.25) is 0 Å². The lowest BCUT2D eigenvalue weighted by molar-refractivity contribution is -0.132. The Kier molecular flexibility index (Phi) is 6.66. The number of carbonyl (C=O) groups is 2. The van der Waals surface area contributed by atoms with Crippen molar-refractivity contribution in [3.05, 3.63) is 82.6 Å². The molecule has 3 aromatic rings. The van der Waals surface area contributed by atoms with Crippen molar-refractivity contribution in [2.24, 2.45) is 0 Å². The van der Waals surface area contributed by atoms with Gasteiger partial charge in [-0.15, -0.1) is 0 Å². The Morgan fingerprint density at radius 3 is 2.20 bits per heavy atom. The van der Waals surface area contributed by atoms with Crippen molar-refractivity contribution in [3.8, 4) is 11.5 Å². The molecule has 1 fully saturated rings. The Balaban J connectivity index is 1.94. The fraction of sp³-hybridized carbons (Fsp3) is 0.192. The number of ketones is 1. The van der Waals surface area contributed by atoms with Crippen LogP contribution in [0.15, 0.2) is 66.5 Å². The summed E-state index contributed by atoms with van der Waals surface area (Å²) < 4.78 is 10.6. The van der Waals surface area contributed by atoms with Gasteiger partial charge in [-0.1, -0.05) is 11.6 Å². The number of aliphatic hydroxyl groups is 1. The third-order valence-corrected chi connectivity index (χ3v) is 6.13. The van der Waals surface area contributed by atoms with Gasteiger partial charge in [0.1, 0.15) is 17.3 Å². The number of ether oxygens (including phenoxy) is 2. The van der Waals surface area contributed by atoms with E-state index < -0.39 is 23.5 Å². The highest BCUT2D eigenvalue weighted by Gasteiger charge is 2.47. The van der Waals surface area contributed by atoms with Gasteiger partial charge in [0.05, 0.1) is 36.4 Å². The van der Waals surface area contributed by atoms with Gasteiger partial charge < -0.3 is 19.5 Å². The zero-order chi connectivity index (χ0) is 25.3. The normalized spacial score (nSPS) is 16.9. The van der Waals surface area contributed by atoms with E-state index in [0.29, 0.717) is 17.0 Å². The number of hydrogen-bond donors (Lipinski definition) is 1. The van der Waals surface area contributed by atoms with Gasteiger partial charge in [-0.2, -0.15) is 0 Å². The molecular weight excluding hydrogens is 470 g/mol. The molecular formula is C26H24ClN3O5. The maximum atomic E-state index is 13.3. The zero-order valence-electron chi connectivity index (χ0n) is 19.7. The Hall–Kier alpha value is -4.04. The number of aliphatic hydroxyl groups excluding tert-OH is 1. The van der Waals surface area contributed by atoms with Gasteiger partial charge in [-0.05, 0) is 48.0 Å². The molecule has 1 atom stereocenters. The monoisotopic (exact) mass is 493 g/mol. The summed E-state index contributed by atoms with van der Waals surface area (Å²) in [6, 6.07) is 12.7. The lowest BCUT2D eigenvalue weighted by atomic mass is 9.95. The molecule has 2 aromatic carbocycles. The van der Waals surface area contributed by atoms with Crippen molar-refractivity contribution in [2.45, 2.75) is 6.04 Å². The molecule has 0 saturated carbocycles. The summed E-state index contributed by atoms with van der Waals surface area (Å²) in [4.78, 5) is 34.0. The average molecular weight is 494 g/mol. The molecule has 1 aromatic heterocycles. The summed E-state index contributed by atoms with van der Waals surface area (Å²) in [5, 5.41) is 11.6. The van der Waals surface area contributed by atoms with Gasteiger partial charge in [-0.3, -0.25) is 19.5 Å². The Morgan fingerprint density at radius 1 is 1.00 bits per heavy atom. The number of hydrogen-bond acceptors (Lipinski definition) is 7. The van der Waals surface area contributed by atoms with Crippen LogP contribution in [-0.4, -0.2) is 50.1 Å². The van der Waals surface area contributed by atoms with Gasteiger partial charge in [0.15, 0.2) is 0 Å². The van der Waals surface area contributed by atoms with Crippen LogP contribution in [0.1, 0.15) is 17.2 Å². The first-order chi connectivity index (χ1) is 16.8. The van der Waals surface area contributed by atoms with Gasteiger partial charge in [-0.25, -0.2) is 0 Å². The number of benzene rings is 2. The maximum absolute atomic E-state index is 13.3. The fourth-order valence-corrected chi connectivity index (χ4v) is 4.30. The lowest BCUT2D eigenvalue weighted by Crippen LogP contribution is -2.29. The molecule has 0 spiro atoms. The minimum Gasteiger partial charge on any atom is -0.507 e. The molecule has 4 rings (SSSR count). The molecule has 1 amide bonds. The number of methoxy groups -OCH3 is 2. The molecule has 1 aliphatic heterocycles. The predicted octanol–water partition coefficient (Wildman–Crippen LogP) is 4.44. The van der Waals surface area contributed by atoms with Crippen LogP contribution in [0.3, 0.4) is 0 Å². The third kappa shape index (κ3) is 4.28. The highest BCUT2D eigenvalue weighted by atomic mass is 35.5. The summed E-state index contributed by atoms with van der Waals surface area (Å²) in [6.45, 7) is 0. The van der Waals surface area contributed by atoms with E-state index in [0.717, 1.165) is 5.69 Å². The first kappa shape index (κ1) is 24.1. The molecule has 1 aliphatic rings.